The van der Waals surface area contributed by atoms with Crippen molar-refractivity contribution in [1.29, 1.82) is 0 Å². The molecule has 110 valence electrons. The van der Waals surface area contributed by atoms with Crippen LogP contribution in [-0.4, -0.2) is 29.1 Å². The van der Waals surface area contributed by atoms with E-state index < -0.39 is 5.97 Å². The van der Waals surface area contributed by atoms with Crippen molar-refractivity contribution in [1.82, 2.24) is 4.90 Å². The maximum atomic E-state index is 12.1. The summed E-state index contributed by atoms with van der Waals surface area (Å²) in [6.45, 7) is 2.24. The first-order valence-corrected chi connectivity index (χ1v) is 7.24. The van der Waals surface area contributed by atoms with Crippen LogP contribution in [0.15, 0.2) is 35.7 Å². The molecule has 0 radical (unpaired) electrons. The Hall–Kier alpha value is -2.34. The average Bonchev–Trinajstić information content (AvgIpc) is 2.93. The van der Waals surface area contributed by atoms with E-state index in [0.29, 0.717) is 17.8 Å². The van der Waals surface area contributed by atoms with Crippen LogP contribution in [0.25, 0.3) is 0 Å². The Labute approximate surface area is 126 Å². The highest BCUT2D eigenvalue weighted by Gasteiger charge is 2.12. The molecular formula is C15H16N2O3S. The van der Waals surface area contributed by atoms with Gasteiger partial charge in [0.05, 0.1) is 12.1 Å². The van der Waals surface area contributed by atoms with Crippen LogP contribution in [0.2, 0.25) is 0 Å². The second-order valence-electron chi connectivity index (χ2n) is 4.70. The van der Waals surface area contributed by atoms with Crippen molar-refractivity contribution in [2.45, 2.75) is 13.5 Å². The fourth-order valence-electron chi connectivity index (χ4n) is 1.86. The summed E-state index contributed by atoms with van der Waals surface area (Å²) < 4.78 is 0. The first-order chi connectivity index (χ1) is 9.97. The zero-order valence-electron chi connectivity index (χ0n) is 11.8. The number of aryl methyl sites for hydroxylation is 1. The van der Waals surface area contributed by atoms with Gasteiger partial charge in [0, 0.05) is 17.6 Å². The van der Waals surface area contributed by atoms with Gasteiger partial charge in [-0.3, -0.25) is 0 Å². The molecule has 1 aromatic carbocycles. The van der Waals surface area contributed by atoms with E-state index in [1.54, 1.807) is 42.3 Å². The summed E-state index contributed by atoms with van der Waals surface area (Å²) in [6.07, 6.45) is 0. The molecule has 0 saturated heterocycles. The van der Waals surface area contributed by atoms with E-state index in [9.17, 15) is 9.59 Å². The van der Waals surface area contributed by atoms with Crippen LogP contribution in [0.4, 0.5) is 10.5 Å². The number of carboxylic acid groups (broad SMARTS) is 1. The molecule has 1 aromatic heterocycles. The number of hydrogen-bond donors (Lipinski definition) is 2. The number of urea groups is 1. The molecule has 2 aromatic rings. The number of nitrogens with one attached hydrogen (secondary N) is 1. The molecule has 0 saturated carbocycles. The molecule has 0 spiro atoms. The molecule has 0 aliphatic heterocycles. The molecule has 21 heavy (non-hydrogen) atoms. The van der Waals surface area contributed by atoms with Gasteiger partial charge in [0.1, 0.15) is 0 Å². The van der Waals surface area contributed by atoms with Gasteiger partial charge < -0.3 is 15.3 Å². The summed E-state index contributed by atoms with van der Waals surface area (Å²) in [5, 5.41) is 13.7. The molecule has 5 nitrogen and oxygen atoms in total. The fourth-order valence-corrected chi connectivity index (χ4v) is 2.61. The molecule has 0 aliphatic carbocycles. The topological polar surface area (TPSA) is 69.6 Å². The molecule has 0 atom stereocenters. The number of benzene rings is 1. The number of rotatable bonds is 4. The Kier molecular flexibility index (Phi) is 4.59. The summed E-state index contributed by atoms with van der Waals surface area (Å²) in [5.74, 6) is -1.00. The number of carbonyl (C=O) groups excluding carboxylic acids is 1. The molecule has 0 fully saturated rings. The third kappa shape index (κ3) is 3.82. The standard InChI is InChI=1S/C15H16N2O3S/c1-10-5-6-11(8-13(10)14(18)19)16-15(20)17(2)9-12-4-3-7-21-12/h3-8H,9H2,1-2H3,(H,16,20)(H,18,19). The Morgan fingerprint density at radius 3 is 2.71 bits per heavy atom. The van der Waals surface area contributed by atoms with E-state index in [1.165, 1.54) is 6.07 Å². The van der Waals surface area contributed by atoms with E-state index in [4.69, 9.17) is 5.11 Å². The van der Waals surface area contributed by atoms with Gasteiger partial charge in [-0.1, -0.05) is 12.1 Å². The van der Waals surface area contributed by atoms with Crippen LogP contribution in [0.5, 0.6) is 0 Å². The van der Waals surface area contributed by atoms with Crippen LogP contribution >= 0.6 is 11.3 Å². The fraction of sp³-hybridized carbons (Fsp3) is 0.200. The monoisotopic (exact) mass is 304 g/mol. The molecule has 0 bridgehead atoms. The van der Waals surface area contributed by atoms with Gasteiger partial charge in [-0.05, 0) is 36.1 Å². The smallest absolute Gasteiger partial charge is 0.336 e. The van der Waals surface area contributed by atoms with Gasteiger partial charge in [0.15, 0.2) is 0 Å². The van der Waals surface area contributed by atoms with Crippen LogP contribution in [0.3, 0.4) is 0 Å². The summed E-state index contributed by atoms with van der Waals surface area (Å²) >= 11 is 1.58. The highest BCUT2D eigenvalue weighted by molar-refractivity contribution is 7.09. The van der Waals surface area contributed by atoms with E-state index in [-0.39, 0.29) is 11.6 Å². The third-order valence-electron chi connectivity index (χ3n) is 3.04. The van der Waals surface area contributed by atoms with E-state index in [1.807, 2.05) is 17.5 Å². The molecule has 2 amide bonds. The zero-order chi connectivity index (χ0) is 15.4. The molecular weight excluding hydrogens is 288 g/mol. The van der Waals surface area contributed by atoms with E-state index >= 15 is 0 Å². The largest absolute Gasteiger partial charge is 0.478 e. The van der Waals surface area contributed by atoms with Gasteiger partial charge in [-0.15, -0.1) is 11.3 Å². The Morgan fingerprint density at radius 2 is 2.10 bits per heavy atom. The lowest BCUT2D eigenvalue weighted by atomic mass is 10.1. The van der Waals surface area contributed by atoms with Crippen molar-refractivity contribution in [3.63, 3.8) is 0 Å². The first kappa shape index (κ1) is 15.1. The van der Waals surface area contributed by atoms with Gasteiger partial charge in [-0.25, -0.2) is 9.59 Å². The highest BCUT2D eigenvalue weighted by atomic mass is 32.1. The Bertz CT molecular complexity index is 653. The minimum atomic E-state index is -1.00. The first-order valence-electron chi connectivity index (χ1n) is 6.36. The van der Waals surface area contributed by atoms with Gasteiger partial charge in [-0.2, -0.15) is 0 Å². The second kappa shape index (κ2) is 6.41. The summed E-state index contributed by atoms with van der Waals surface area (Å²) in [7, 11) is 1.70. The maximum absolute atomic E-state index is 12.1. The summed E-state index contributed by atoms with van der Waals surface area (Å²) in [5.41, 5.74) is 1.32. The number of carboxylic acids is 1. The molecule has 6 heteroatoms. The number of amides is 2. The number of hydrogen-bond acceptors (Lipinski definition) is 3. The number of anilines is 1. The van der Waals surface area contributed by atoms with Gasteiger partial charge >= 0.3 is 12.0 Å². The van der Waals surface area contributed by atoms with Gasteiger partial charge in [0.2, 0.25) is 0 Å². The Morgan fingerprint density at radius 1 is 1.33 bits per heavy atom. The molecule has 0 unspecified atom stereocenters. The van der Waals surface area contributed by atoms with Crippen LogP contribution in [-0.2, 0) is 6.54 Å². The number of thiophene rings is 1. The van der Waals surface area contributed by atoms with Crippen molar-refractivity contribution in [2.75, 3.05) is 12.4 Å². The second-order valence-corrected chi connectivity index (χ2v) is 5.73. The van der Waals surface area contributed by atoms with Crippen molar-refractivity contribution in [2.24, 2.45) is 0 Å². The highest BCUT2D eigenvalue weighted by Crippen LogP contribution is 2.17. The van der Waals surface area contributed by atoms with Crippen molar-refractivity contribution < 1.29 is 14.7 Å². The van der Waals surface area contributed by atoms with Crippen molar-refractivity contribution >= 4 is 29.0 Å². The number of carbonyl (C=O) groups is 2. The van der Waals surface area contributed by atoms with Gasteiger partial charge in [0.25, 0.3) is 0 Å². The molecule has 2 rings (SSSR count). The van der Waals surface area contributed by atoms with Crippen molar-refractivity contribution in [3.05, 3.63) is 51.7 Å². The lowest BCUT2D eigenvalue weighted by Crippen LogP contribution is -2.30. The maximum Gasteiger partial charge on any atom is 0.336 e. The normalized spacial score (nSPS) is 10.2. The molecule has 0 aliphatic rings. The quantitative estimate of drug-likeness (QED) is 0.909. The van der Waals surface area contributed by atoms with E-state index in [0.717, 1.165) is 4.88 Å². The molecule has 2 N–H and O–H groups in total. The van der Waals surface area contributed by atoms with Crippen LogP contribution in [0.1, 0.15) is 20.8 Å². The number of nitrogens with zero attached hydrogens (tertiary/aromatic N) is 1. The average molecular weight is 304 g/mol. The Balaban J connectivity index is 2.05. The summed E-state index contributed by atoms with van der Waals surface area (Å²) in [6, 6.07) is 8.46. The lowest BCUT2D eigenvalue weighted by Gasteiger charge is -2.17. The lowest BCUT2D eigenvalue weighted by molar-refractivity contribution is 0.0696. The van der Waals surface area contributed by atoms with Crippen LogP contribution in [0, 0.1) is 6.92 Å². The number of aromatic carboxylic acids is 1. The predicted octanol–water partition coefficient (Wildman–Crippen LogP) is 3.42. The van der Waals surface area contributed by atoms with Crippen molar-refractivity contribution in [3.8, 4) is 0 Å². The summed E-state index contributed by atoms with van der Waals surface area (Å²) in [4.78, 5) is 25.8. The van der Waals surface area contributed by atoms with Crippen LogP contribution < -0.4 is 5.32 Å². The minimum Gasteiger partial charge on any atom is -0.478 e. The van der Waals surface area contributed by atoms with E-state index in [2.05, 4.69) is 5.32 Å². The minimum absolute atomic E-state index is 0.189. The zero-order valence-corrected chi connectivity index (χ0v) is 12.6. The SMILES string of the molecule is Cc1ccc(NC(=O)N(C)Cc2cccs2)cc1C(=O)O. The third-order valence-corrected chi connectivity index (χ3v) is 3.90. The molecule has 1 heterocycles. The predicted molar refractivity (Wildman–Crippen MR) is 82.9 cm³/mol.